The van der Waals surface area contributed by atoms with Gasteiger partial charge in [-0.2, -0.15) is 0 Å². The topological polar surface area (TPSA) is 184 Å². The highest BCUT2D eigenvalue weighted by Crippen LogP contribution is 2.44. The number of nitro groups is 2. The van der Waals surface area contributed by atoms with Gasteiger partial charge in [-0.15, -0.1) is 0 Å². The zero-order valence-corrected chi connectivity index (χ0v) is 23.0. The number of rotatable bonds is 10. The van der Waals surface area contributed by atoms with E-state index in [0.717, 1.165) is 24.3 Å². The Hall–Kier alpha value is -4.87. The molecule has 4 N–H and O–H groups in total. The lowest BCUT2D eigenvalue weighted by atomic mass is 9.77. The van der Waals surface area contributed by atoms with Crippen LogP contribution in [0.4, 0.5) is 11.4 Å². The van der Waals surface area contributed by atoms with Crippen molar-refractivity contribution in [3.8, 4) is 23.0 Å². The van der Waals surface area contributed by atoms with Crippen LogP contribution in [0.5, 0.6) is 23.0 Å². The third-order valence-electron chi connectivity index (χ3n) is 6.83. The highest BCUT2D eigenvalue weighted by molar-refractivity contribution is 6.31. The SMILES string of the molecule is O=C(C(Cc1ccccc1Cl)c1cc(O)c(O)c([N+](=O)[O-])c1)C(Cc1ccccc1Cl)c1cc(O)c(O)c([N+](=O)[O-])c1. The van der Waals surface area contributed by atoms with E-state index < -0.39 is 61.8 Å². The second-order valence-corrected chi connectivity index (χ2v) is 10.2. The Morgan fingerprint density at radius 1 is 0.667 bits per heavy atom. The van der Waals surface area contributed by atoms with Gasteiger partial charge in [0.25, 0.3) is 0 Å². The molecule has 0 aromatic heterocycles. The van der Waals surface area contributed by atoms with Gasteiger partial charge >= 0.3 is 11.4 Å². The standard InChI is InChI=1S/C29H22Cl2N2O9/c30-21-7-3-1-5-15(21)9-19(17-11-23(32(39)40)28(37)25(34)13-17)27(36)20(10-16-6-2-4-8-22(16)31)18-12-24(33(41)42)29(38)26(35)14-18/h1-8,11-14,19-20,34-35,37-38H,9-10H2. The van der Waals surface area contributed by atoms with E-state index >= 15 is 0 Å². The average molecular weight is 613 g/mol. The Morgan fingerprint density at radius 3 is 1.36 bits per heavy atom. The number of nitro benzene ring substituents is 2. The Labute approximate surface area is 248 Å². The molecular weight excluding hydrogens is 591 g/mol. The van der Waals surface area contributed by atoms with E-state index in [4.69, 9.17) is 23.2 Å². The Kier molecular flexibility index (Phi) is 8.84. The fourth-order valence-corrected chi connectivity index (χ4v) is 5.13. The van der Waals surface area contributed by atoms with Crippen LogP contribution in [-0.2, 0) is 17.6 Å². The molecule has 0 saturated heterocycles. The molecule has 0 aliphatic rings. The van der Waals surface area contributed by atoms with E-state index in [1.165, 1.54) is 0 Å². The Balaban J connectivity index is 1.95. The highest BCUT2D eigenvalue weighted by Gasteiger charge is 2.35. The van der Waals surface area contributed by atoms with Crippen molar-refractivity contribution < 1.29 is 35.1 Å². The number of aromatic hydroxyl groups is 4. The van der Waals surface area contributed by atoms with Gasteiger partial charge in [-0.1, -0.05) is 59.6 Å². The van der Waals surface area contributed by atoms with Gasteiger partial charge in [-0.05, 0) is 59.4 Å². The summed E-state index contributed by atoms with van der Waals surface area (Å²) in [7, 11) is 0. The maximum atomic E-state index is 14.5. The molecule has 4 rings (SSSR count). The van der Waals surface area contributed by atoms with Gasteiger partial charge in [0.15, 0.2) is 11.5 Å². The molecule has 0 fully saturated rings. The van der Waals surface area contributed by atoms with E-state index in [2.05, 4.69) is 0 Å². The van der Waals surface area contributed by atoms with E-state index in [1.807, 2.05) is 0 Å². The third-order valence-corrected chi connectivity index (χ3v) is 7.57. The molecule has 4 aromatic rings. The predicted octanol–water partition coefficient (Wildman–Crippen LogP) is 6.55. The van der Waals surface area contributed by atoms with Gasteiger partial charge in [0.05, 0.1) is 9.85 Å². The van der Waals surface area contributed by atoms with Gasteiger partial charge in [0, 0.05) is 34.0 Å². The number of hydrogen-bond acceptors (Lipinski definition) is 9. The number of ketones is 1. The number of halogens is 2. The minimum absolute atomic E-state index is 0.0384. The lowest BCUT2D eigenvalue weighted by Crippen LogP contribution is -2.25. The fraction of sp³-hybridized carbons (Fsp3) is 0.138. The fourth-order valence-electron chi connectivity index (χ4n) is 4.71. The van der Waals surface area contributed by atoms with Crippen molar-refractivity contribution in [1.29, 1.82) is 0 Å². The Bertz CT molecular complexity index is 1590. The van der Waals surface area contributed by atoms with E-state index in [-0.39, 0.29) is 34.0 Å². The van der Waals surface area contributed by atoms with Crippen molar-refractivity contribution in [2.75, 3.05) is 0 Å². The molecule has 0 aliphatic heterocycles. The van der Waals surface area contributed by atoms with Crippen molar-refractivity contribution in [3.63, 3.8) is 0 Å². The van der Waals surface area contributed by atoms with Crippen molar-refractivity contribution in [1.82, 2.24) is 0 Å². The predicted molar refractivity (Wildman–Crippen MR) is 154 cm³/mol. The van der Waals surface area contributed by atoms with Crippen molar-refractivity contribution in [2.24, 2.45) is 0 Å². The van der Waals surface area contributed by atoms with E-state index in [1.54, 1.807) is 48.5 Å². The van der Waals surface area contributed by atoms with Gasteiger partial charge in [0.1, 0.15) is 5.78 Å². The Morgan fingerprint density at radius 2 is 1.02 bits per heavy atom. The summed E-state index contributed by atoms with van der Waals surface area (Å²) in [6.07, 6.45) is -0.240. The summed E-state index contributed by atoms with van der Waals surface area (Å²) in [5.74, 6) is -6.78. The smallest absolute Gasteiger partial charge is 0.314 e. The van der Waals surface area contributed by atoms with Crippen LogP contribution in [0.15, 0.2) is 72.8 Å². The highest BCUT2D eigenvalue weighted by atomic mass is 35.5. The van der Waals surface area contributed by atoms with Gasteiger partial charge in [-0.3, -0.25) is 25.0 Å². The van der Waals surface area contributed by atoms with Crippen LogP contribution < -0.4 is 0 Å². The van der Waals surface area contributed by atoms with E-state index in [0.29, 0.717) is 11.1 Å². The minimum atomic E-state index is -1.25. The monoisotopic (exact) mass is 612 g/mol. The molecule has 13 heteroatoms. The molecule has 0 radical (unpaired) electrons. The molecule has 216 valence electrons. The lowest BCUT2D eigenvalue weighted by Gasteiger charge is -2.25. The maximum Gasteiger partial charge on any atom is 0.314 e. The minimum Gasteiger partial charge on any atom is -0.504 e. The second kappa shape index (κ2) is 12.3. The summed E-state index contributed by atoms with van der Waals surface area (Å²) in [5.41, 5.74) is -0.815. The number of carbonyl (C=O) groups excluding carboxylic acids is 1. The zero-order valence-electron chi connectivity index (χ0n) is 21.5. The van der Waals surface area contributed by atoms with Crippen LogP contribution in [0.3, 0.4) is 0 Å². The largest absolute Gasteiger partial charge is 0.504 e. The first-order chi connectivity index (χ1) is 19.9. The first-order valence-electron chi connectivity index (χ1n) is 12.3. The summed E-state index contributed by atoms with van der Waals surface area (Å²) >= 11 is 12.8. The van der Waals surface area contributed by atoms with Crippen molar-refractivity contribution in [3.05, 3.63) is 125 Å². The molecule has 42 heavy (non-hydrogen) atoms. The normalized spacial score (nSPS) is 12.4. The molecule has 0 aliphatic carbocycles. The molecule has 0 amide bonds. The molecule has 2 unspecified atom stereocenters. The van der Waals surface area contributed by atoms with Crippen LogP contribution >= 0.6 is 23.2 Å². The van der Waals surface area contributed by atoms with E-state index in [9.17, 15) is 45.4 Å². The maximum absolute atomic E-state index is 14.5. The second-order valence-electron chi connectivity index (χ2n) is 9.43. The zero-order chi connectivity index (χ0) is 30.7. The summed E-state index contributed by atoms with van der Waals surface area (Å²) in [6.45, 7) is 0. The third kappa shape index (κ3) is 6.22. The molecule has 4 aromatic carbocycles. The quantitative estimate of drug-likeness (QED) is 0.0874. The lowest BCUT2D eigenvalue weighted by molar-refractivity contribution is -0.386. The molecule has 11 nitrogen and oxygen atoms in total. The number of carbonyl (C=O) groups is 1. The average Bonchev–Trinajstić information content (AvgIpc) is 2.94. The number of phenolic OH excluding ortho intramolecular Hbond substituents is 4. The summed E-state index contributed by atoms with van der Waals surface area (Å²) in [5, 5.41) is 64.6. The molecule has 0 spiro atoms. The number of hydrogen-bond donors (Lipinski definition) is 4. The van der Waals surface area contributed by atoms with Crippen molar-refractivity contribution in [2.45, 2.75) is 24.7 Å². The molecule has 0 saturated carbocycles. The van der Waals surface area contributed by atoms with Gasteiger partial charge in [-0.25, -0.2) is 0 Å². The summed E-state index contributed by atoms with van der Waals surface area (Å²) in [4.78, 5) is 35.9. The molecule has 2 atom stereocenters. The summed E-state index contributed by atoms with van der Waals surface area (Å²) < 4.78 is 0. The molecule has 0 bridgehead atoms. The summed E-state index contributed by atoms with van der Waals surface area (Å²) in [6, 6.07) is 17.1. The van der Waals surface area contributed by atoms with Crippen LogP contribution in [0, 0.1) is 20.2 Å². The van der Waals surface area contributed by atoms with Crippen LogP contribution in [0.2, 0.25) is 10.0 Å². The van der Waals surface area contributed by atoms with Gasteiger partial charge in [0.2, 0.25) is 11.5 Å². The van der Waals surface area contributed by atoms with Crippen molar-refractivity contribution >= 4 is 40.4 Å². The number of Topliss-reactive ketones (excluding diaryl/α,β-unsaturated/α-hetero) is 1. The van der Waals surface area contributed by atoms with Crippen LogP contribution in [0.1, 0.15) is 34.1 Å². The first-order valence-corrected chi connectivity index (χ1v) is 13.1. The van der Waals surface area contributed by atoms with Crippen LogP contribution in [-0.4, -0.2) is 36.1 Å². The number of phenols is 4. The number of benzene rings is 4. The number of nitrogens with zero attached hydrogens (tertiary/aromatic N) is 2. The van der Waals surface area contributed by atoms with Crippen LogP contribution in [0.25, 0.3) is 0 Å². The van der Waals surface area contributed by atoms with Gasteiger partial charge < -0.3 is 20.4 Å². The first kappa shape index (κ1) is 30.1. The molecular formula is C29H22Cl2N2O9. The molecule has 0 heterocycles.